The molecule has 268 valence electrons. The second kappa shape index (κ2) is 24.7. The highest BCUT2D eigenvalue weighted by atomic mass is 79.9. The van der Waals surface area contributed by atoms with E-state index in [1.54, 1.807) is 43.4 Å². The number of carbonyl (C=O) groups is 2. The lowest BCUT2D eigenvalue weighted by Gasteiger charge is -2.19. The number of carbonyl (C=O) groups excluding carboxylic acids is 2. The predicted molar refractivity (Wildman–Crippen MR) is 207 cm³/mol. The van der Waals surface area contributed by atoms with Crippen molar-refractivity contribution in [1.29, 1.82) is 0 Å². The van der Waals surface area contributed by atoms with Crippen molar-refractivity contribution < 1.29 is 19.1 Å². The molecular weight excluding hydrogens is 826 g/mol. The molecule has 1 aromatic heterocycles. The molecule has 0 saturated carbocycles. The molecule has 7 N–H and O–H groups in total. The lowest BCUT2D eigenvalue weighted by atomic mass is 10.1. The van der Waals surface area contributed by atoms with E-state index in [0.29, 0.717) is 11.1 Å². The highest BCUT2D eigenvalue weighted by molar-refractivity contribution is 9.11. The molecule has 2 amide bonds. The first-order valence-corrected chi connectivity index (χ1v) is 16.7. The van der Waals surface area contributed by atoms with Crippen molar-refractivity contribution in [3.05, 3.63) is 102 Å². The van der Waals surface area contributed by atoms with E-state index in [0.717, 1.165) is 35.9 Å². The number of amides is 2. The molecule has 1 heterocycles. The van der Waals surface area contributed by atoms with Gasteiger partial charge in [0.25, 0.3) is 5.91 Å². The van der Waals surface area contributed by atoms with Crippen LogP contribution in [0.25, 0.3) is 11.4 Å². The van der Waals surface area contributed by atoms with Gasteiger partial charge in [0, 0.05) is 58.4 Å². The highest BCUT2D eigenvalue weighted by Crippen LogP contribution is 2.22. The summed E-state index contributed by atoms with van der Waals surface area (Å²) >= 11 is 10.2. The molecular formula is C33H46Br3N9O4. The van der Waals surface area contributed by atoms with E-state index in [1.807, 2.05) is 84.2 Å². The topological polar surface area (TPSA) is 191 Å². The summed E-state index contributed by atoms with van der Waals surface area (Å²) < 4.78 is 12.6. The van der Waals surface area contributed by atoms with Crippen LogP contribution in [0.2, 0.25) is 0 Å². The van der Waals surface area contributed by atoms with Crippen LogP contribution in [0.5, 0.6) is 0 Å². The Bertz CT molecular complexity index is 1600. The Balaban J connectivity index is 0.000000630. The average molecular weight is 873 g/mol. The molecule has 0 saturated heterocycles. The molecule has 0 aliphatic carbocycles. The van der Waals surface area contributed by atoms with Gasteiger partial charge in [0.1, 0.15) is 6.33 Å². The number of benzene rings is 3. The maximum Gasteiger partial charge on any atom is 0.278 e. The number of nitrogens with one attached hydrogen (secondary N) is 1. The molecule has 0 unspecified atom stereocenters. The Morgan fingerprint density at radius 1 is 0.816 bits per heavy atom. The molecule has 0 bridgehead atoms. The Kier molecular flexibility index (Phi) is 23.0. The number of rotatable bonds is 7. The van der Waals surface area contributed by atoms with Gasteiger partial charge >= 0.3 is 0 Å². The maximum atomic E-state index is 11.6. The molecule has 4 aromatic rings. The van der Waals surface area contributed by atoms with Gasteiger partial charge in [0.05, 0.1) is 6.34 Å². The SMILES string of the molecule is COC(OC)N(C)C.Cc1ccc(-c2ncn[nH]2)cc1Br.Cc1ccc(C(=O)N=CN(C)C)cc1Br.Cc1ccc(C(N)=O)cc1Br.NN. The quantitative estimate of drug-likeness (QED) is 0.0578. The number of hydrogen-bond donors (Lipinski definition) is 4. The number of aromatic amines is 1. The van der Waals surface area contributed by atoms with Crippen LogP contribution in [-0.2, 0) is 9.47 Å². The van der Waals surface area contributed by atoms with Crippen LogP contribution in [0.3, 0.4) is 0 Å². The van der Waals surface area contributed by atoms with Gasteiger partial charge in [-0.15, -0.1) is 0 Å². The number of hydrogen-bond acceptors (Lipinski definition) is 9. The van der Waals surface area contributed by atoms with Gasteiger partial charge < -0.3 is 20.1 Å². The smallest absolute Gasteiger partial charge is 0.278 e. The molecule has 0 aliphatic heterocycles. The monoisotopic (exact) mass is 869 g/mol. The summed E-state index contributed by atoms with van der Waals surface area (Å²) in [7, 11) is 10.6. The first kappa shape index (κ1) is 45.6. The van der Waals surface area contributed by atoms with E-state index in [4.69, 9.17) is 15.2 Å². The minimum atomic E-state index is -0.398. The summed E-state index contributed by atoms with van der Waals surface area (Å²) in [6.45, 7) is 5.98. The van der Waals surface area contributed by atoms with Crippen molar-refractivity contribution in [2.75, 3.05) is 42.4 Å². The van der Waals surface area contributed by atoms with Crippen LogP contribution in [0.1, 0.15) is 37.4 Å². The first-order chi connectivity index (χ1) is 23.1. The molecule has 0 radical (unpaired) electrons. The number of nitrogens with two attached hydrogens (primary N) is 3. The number of ether oxygens (including phenoxy) is 2. The summed E-state index contributed by atoms with van der Waals surface area (Å²) in [4.78, 5) is 33.7. The van der Waals surface area contributed by atoms with E-state index in [2.05, 4.69) is 79.6 Å². The summed E-state index contributed by atoms with van der Waals surface area (Å²) in [5, 5.41) is 6.62. The number of halogens is 3. The fourth-order valence-electron chi connectivity index (χ4n) is 3.32. The Hall–Kier alpha value is -3.35. The van der Waals surface area contributed by atoms with Crippen LogP contribution in [-0.4, -0.2) is 92.0 Å². The lowest BCUT2D eigenvalue weighted by molar-refractivity contribution is -0.179. The van der Waals surface area contributed by atoms with E-state index in [-0.39, 0.29) is 12.3 Å². The molecule has 0 atom stereocenters. The molecule has 0 fully saturated rings. The second-order valence-corrected chi connectivity index (χ2v) is 12.9. The fourth-order valence-corrected chi connectivity index (χ4v) is 4.45. The summed E-state index contributed by atoms with van der Waals surface area (Å²) in [6.07, 6.45) is 2.79. The van der Waals surface area contributed by atoms with E-state index >= 15 is 0 Å². The Morgan fingerprint density at radius 3 is 1.65 bits per heavy atom. The van der Waals surface area contributed by atoms with Crippen LogP contribution >= 0.6 is 47.8 Å². The number of H-pyrrole nitrogens is 1. The highest BCUT2D eigenvalue weighted by Gasteiger charge is 2.06. The summed E-state index contributed by atoms with van der Waals surface area (Å²) in [5.41, 5.74) is 10.6. The van der Waals surface area contributed by atoms with Crippen molar-refractivity contribution in [3.63, 3.8) is 0 Å². The number of aliphatic imine (C=N–C) groups is 1. The third-order valence-corrected chi connectivity index (χ3v) is 8.53. The number of methoxy groups -OCH3 is 2. The van der Waals surface area contributed by atoms with Gasteiger partial charge in [-0.25, -0.2) is 4.98 Å². The minimum absolute atomic E-state index is 0.213. The summed E-state index contributed by atoms with van der Waals surface area (Å²) in [5.74, 6) is 8.16. The maximum absolute atomic E-state index is 11.6. The van der Waals surface area contributed by atoms with Crippen LogP contribution < -0.4 is 17.4 Å². The van der Waals surface area contributed by atoms with Gasteiger partial charge in [-0.1, -0.05) is 72.1 Å². The normalized spacial score (nSPS) is 10.1. The number of primary amides is 1. The van der Waals surface area contributed by atoms with Crippen LogP contribution in [0.4, 0.5) is 0 Å². The van der Waals surface area contributed by atoms with Crippen molar-refractivity contribution in [3.8, 4) is 11.4 Å². The van der Waals surface area contributed by atoms with Gasteiger partial charge in [0.15, 0.2) is 5.82 Å². The van der Waals surface area contributed by atoms with Gasteiger partial charge in [-0.3, -0.25) is 31.3 Å². The summed E-state index contributed by atoms with van der Waals surface area (Å²) in [6, 6.07) is 16.8. The number of aryl methyl sites for hydroxylation is 3. The zero-order valence-electron chi connectivity index (χ0n) is 29.2. The first-order valence-electron chi connectivity index (χ1n) is 14.3. The number of hydrazine groups is 1. The van der Waals surface area contributed by atoms with Crippen molar-refractivity contribution in [1.82, 2.24) is 25.0 Å². The van der Waals surface area contributed by atoms with Crippen molar-refractivity contribution in [2.24, 2.45) is 22.4 Å². The molecule has 3 aromatic carbocycles. The standard InChI is InChI=1S/C11H13BrN2O.C9H8BrN3.C8H8BrNO.C5H13NO2.H4N2/c1-8-4-5-9(6-10(8)12)11(15)13-7-14(2)3;1-6-2-3-7(4-8(6)10)9-11-5-12-13-9;1-5-2-3-6(8(10)11)4-7(5)9;1-6(2)5(7-3)8-4;1-2/h4-7H,1-3H3;2-5H,1H3,(H,11,12,13);2-4H,1H3,(H2,10,11);5H,1-4H3;1-2H2. The second-order valence-electron chi connectivity index (χ2n) is 10.3. The predicted octanol–water partition coefficient (Wildman–Crippen LogP) is 5.83. The largest absolute Gasteiger partial charge is 0.369 e. The minimum Gasteiger partial charge on any atom is -0.369 e. The third-order valence-electron chi connectivity index (χ3n) is 5.97. The van der Waals surface area contributed by atoms with E-state index < -0.39 is 5.91 Å². The number of nitrogens with zero attached hydrogens (tertiary/aromatic N) is 5. The fraction of sp³-hybridized carbons (Fsp3) is 0.303. The van der Waals surface area contributed by atoms with Crippen molar-refractivity contribution in [2.45, 2.75) is 27.2 Å². The average Bonchev–Trinajstić information content (AvgIpc) is 3.61. The van der Waals surface area contributed by atoms with E-state index in [9.17, 15) is 9.59 Å². The third kappa shape index (κ3) is 17.7. The van der Waals surface area contributed by atoms with Crippen LogP contribution in [0.15, 0.2) is 79.3 Å². The molecule has 4 rings (SSSR count). The van der Waals surface area contributed by atoms with Gasteiger partial charge in [-0.05, 0) is 81.9 Å². The Morgan fingerprint density at radius 2 is 1.29 bits per heavy atom. The van der Waals surface area contributed by atoms with Crippen LogP contribution in [0, 0.1) is 20.8 Å². The molecule has 0 aliphatic rings. The molecule has 13 nitrogen and oxygen atoms in total. The lowest BCUT2D eigenvalue weighted by Crippen LogP contribution is -2.30. The zero-order valence-corrected chi connectivity index (χ0v) is 33.9. The van der Waals surface area contributed by atoms with Crippen molar-refractivity contribution >= 4 is 65.9 Å². The zero-order chi connectivity index (χ0) is 37.7. The van der Waals surface area contributed by atoms with E-state index in [1.165, 1.54) is 18.2 Å². The van der Waals surface area contributed by atoms with Gasteiger partial charge in [-0.2, -0.15) is 10.1 Å². The number of aromatic nitrogens is 3. The molecule has 0 spiro atoms. The van der Waals surface area contributed by atoms with Gasteiger partial charge in [0.2, 0.25) is 12.3 Å². The molecule has 16 heteroatoms. The Labute approximate surface area is 314 Å². The molecule has 49 heavy (non-hydrogen) atoms.